The molecule has 0 spiro atoms. The maximum Gasteiger partial charge on any atom is 0.183 e. The first kappa shape index (κ1) is 9.92. The fourth-order valence-corrected chi connectivity index (χ4v) is 1.41. The van der Waals surface area contributed by atoms with Gasteiger partial charge < -0.3 is 19.7 Å². The van der Waals surface area contributed by atoms with Crippen molar-refractivity contribution in [2.24, 2.45) is 0 Å². The number of aliphatic hydroxyl groups is 2. The molecule has 1 saturated heterocycles. The first-order valence-electron chi connectivity index (χ1n) is 4.23. The highest BCUT2D eigenvalue weighted by Crippen LogP contribution is 2.22. The summed E-state index contributed by atoms with van der Waals surface area (Å²) in [6.07, 6.45) is -0.868. The lowest BCUT2D eigenvalue weighted by atomic mass is 10.0. The zero-order valence-electron chi connectivity index (χ0n) is 7.43. The molecule has 1 heterocycles. The van der Waals surface area contributed by atoms with Crippen LogP contribution in [0.1, 0.15) is 19.8 Å². The van der Waals surface area contributed by atoms with Crippen molar-refractivity contribution in [2.75, 3.05) is 7.11 Å². The van der Waals surface area contributed by atoms with Gasteiger partial charge in [-0.05, 0) is 6.42 Å². The molecule has 0 aromatic carbocycles. The molecular weight excluding hydrogens is 160 g/mol. The van der Waals surface area contributed by atoms with Gasteiger partial charge in [0.25, 0.3) is 0 Å². The highest BCUT2D eigenvalue weighted by Gasteiger charge is 2.35. The summed E-state index contributed by atoms with van der Waals surface area (Å²) in [4.78, 5) is 0. The number of ether oxygens (including phenoxy) is 2. The van der Waals surface area contributed by atoms with Gasteiger partial charge in [0.1, 0.15) is 6.10 Å². The van der Waals surface area contributed by atoms with Crippen LogP contribution in [-0.2, 0) is 9.47 Å². The van der Waals surface area contributed by atoms with E-state index in [9.17, 15) is 10.2 Å². The van der Waals surface area contributed by atoms with Crippen LogP contribution in [0.4, 0.5) is 0 Å². The quantitative estimate of drug-likeness (QED) is 0.616. The van der Waals surface area contributed by atoms with Crippen molar-refractivity contribution >= 4 is 0 Å². The van der Waals surface area contributed by atoms with Gasteiger partial charge in [-0.25, -0.2) is 0 Å². The number of methoxy groups -OCH3 is 1. The van der Waals surface area contributed by atoms with Crippen molar-refractivity contribution in [2.45, 2.75) is 44.4 Å². The minimum absolute atomic E-state index is 0.00616. The van der Waals surface area contributed by atoms with Crippen molar-refractivity contribution < 1.29 is 19.7 Å². The van der Waals surface area contributed by atoms with Crippen LogP contribution in [-0.4, -0.2) is 41.9 Å². The molecule has 1 aliphatic rings. The normalized spacial score (nSPS) is 43.0. The Hall–Kier alpha value is -0.160. The molecule has 72 valence electrons. The Labute approximate surface area is 72.1 Å². The largest absolute Gasteiger partial charge is 0.385 e. The third-order valence-electron chi connectivity index (χ3n) is 2.26. The monoisotopic (exact) mass is 176 g/mol. The van der Waals surface area contributed by atoms with Crippen LogP contribution >= 0.6 is 0 Å². The van der Waals surface area contributed by atoms with Crippen LogP contribution in [0.2, 0.25) is 0 Å². The molecule has 2 N–H and O–H groups in total. The molecule has 4 heteroatoms. The zero-order chi connectivity index (χ0) is 9.14. The number of hydrogen-bond acceptors (Lipinski definition) is 4. The summed E-state index contributed by atoms with van der Waals surface area (Å²) < 4.78 is 10.1. The predicted octanol–water partition coefficient (Wildman–Crippen LogP) is -0.120. The molecule has 0 aromatic rings. The topological polar surface area (TPSA) is 58.9 Å². The average molecular weight is 176 g/mol. The number of hydrogen-bond donors (Lipinski definition) is 2. The summed E-state index contributed by atoms with van der Waals surface area (Å²) >= 11 is 0. The highest BCUT2D eigenvalue weighted by atomic mass is 16.6. The fraction of sp³-hybridized carbons (Fsp3) is 1.00. The van der Waals surface area contributed by atoms with E-state index in [2.05, 4.69) is 0 Å². The third kappa shape index (κ3) is 1.95. The fourth-order valence-electron chi connectivity index (χ4n) is 1.41. The summed E-state index contributed by atoms with van der Waals surface area (Å²) in [7, 11) is 1.53. The Morgan fingerprint density at radius 1 is 1.50 bits per heavy atom. The average Bonchev–Trinajstić information content (AvgIpc) is 2.09. The lowest BCUT2D eigenvalue weighted by Gasteiger charge is -2.35. The van der Waals surface area contributed by atoms with Gasteiger partial charge in [-0.2, -0.15) is 0 Å². The molecule has 4 atom stereocenters. The van der Waals surface area contributed by atoms with Crippen LogP contribution in [0.5, 0.6) is 0 Å². The molecule has 4 unspecified atom stereocenters. The van der Waals surface area contributed by atoms with Crippen molar-refractivity contribution in [1.82, 2.24) is 0 Å². The van der Waals surface area contributed by atoms with Gasteiger partial charge in [0.05, 0.1) is 12.2 Å². The third-order valence-corrected chi connectivity index (χ3v) is 2.26. The van der Waals surface area contributed by atoms with Gasteiger partial charge in [-0.15, -0.1) is 0 Å². The van der Waals surface area contributed by atoms with E-state index >= 15 is 0 Å². The molecular formula is C8H16O4. The van der Waals surface area contributed by atoms with E-state index in [1.807, 2.05) is 6.92 Å². The molecule has 12 heavy (non-hydrogen) atoms. The van der Waals surface area contributed by atoms with Crippen molar-refractivity contribution in [1.29, 1.82) is 0 Å². The standard InChI is InChI=1S/C8H16O4/c1-3-5-4-6(11-2)7(9)8(10)12-5/h5-10H,3-4H2,1-2H3. The molecule has 0 saturated carbocycles. The van der Waals surface area contributed by atoms with E-state index in [-0.39, 0.29) is 12.2 Å². The molecule has 0 aliphatic carbocycles. The predicted molar refractivity (Wildman–Crippen MR) is 42.6 cm³/mol. The minimum Gasteiger partial charge on any atom is -0.385 e. The van der Waals surface area contributed by atoms with Gasteiger partial charge >= 0.3 is 0 Å². The molecule has 1 aliphatic heterocycles. The van der Waals surface area contributed by atoms with E-state index in [1.165, 1.54) is 7.11 Å². The van der Waals surface area contributed by atoms with Crippen LogP contribution < -0.4 is 0 Å². The Balaban J connectivity index is 2.52. The Kier molecular flexibility index (Phi) is 3.46. The van der Waals surface area contributed by atoms with Crippen LogP contribution in [0.25, 0.3) is 0 Å². The Morgan fingerprint density at radius 3 is 2.67 bits per heavy atom. The zero-order valence-corrected chi connectivity index (χ0v) is 7.43. The second-order valence-electron chi connectivity index (χ2n) is 3.06. The molecule has 1 rings (SSSR count). The number of aliphatic hydroxyl groups excluding tert-OH is 2. The van der Waals surface area contributed by atoms with Crippen molar-refractivity contribution in [3.63, 3.8) is 0 Å². The van der Waals surface area contributed by atoms with Crippen molar-refractivity contribution in [3.8, 4) is 0 Å². The summed E-state index contributed by atoms with van der Waals surface area (Å²) in [6, 6.07) is 0. The minimum atomic E-state index is -1.10. The summed E-state index contributed by atoms with van der Waals surface area (Å²) in [5, 5.41) is 18.6. The molecule has 0 radical (unpaired) electrons. The molecule has 0 aromatic heterocycles. The molecule has 0 bridgehead atoms. The van der Waals surface area contributed by atoms with Crippen LogP contribution in [0.15, 0.2) is 0 Å². The van der Waals surface area contributed by atoms with E-state index in [1.54, 1.807) is 0 Å². The van der Waals surface area contributed by atoms with E-state index < -0.39 is 12.4 Å². The van der Waals surface area contributed by atoms with Crippen LogP contribution in [0.3, 0.4) is 0 Å². The second kappa shape index (κ2) is 4.18. The first-order chi connectivity index (χ1) is 5.69. The van der Waals surface area contributed by atoms with E-state index in [0.29, 0.717) is 6.42 Å². The van der Waals surface area contributed by atoms with Gasteiger partial charge in [0, 0.05) is 13.5 Å². The lowest BCUT2D eigenvalue weighted by molar-refractivity contribution is -0.251. The first-order valence-corrected chi connectivity index (χ1v) is 4.23. The van der Waals surface area contributed by atoms with Gasteiger partial charge in [0.15, 0.2) is 6.29 Å². The second-order valence-corrected chi connectivity index (χ2v) is 3.06. The molecule has 4 nitrogen and oxygen atoms in total. The highest BCUT2D eigenvalue weighted by molar-refractivity contribution is 4.80. The van der Waals surface area contributed by atoms with Gasteiger partial charge in [0.2, 0.25) is 0 Å². The van der Waals surface area contributed by atoms with E-state index in [4.69, 9.17) is 9.47 Å². The van der Waals surface area contributed by atoms with Crippen LogP contribution in [0, 0.1) is 0 Å². The maximum absolute atomic E-state index is 9.35. The van der Waals surface area contributed by atoms with Crippen molar-refractivity contribution in [3.05, 3.63) is 0 Å². The maximum atomic E-state index is 9.35. The lowest BCUT2D eigenvalue weighted by Crippen LogP contribution is -2.48. The number of rotatable bonds is 2. The SMILES string of the molecule is CCC1CC(OC)C(O)C(O)O1. The molecule has 1 fully saturated rings. The van der Waals surface area contributed by atoms with Gasteiger partial charge in [-0.1, -0.05) is 6.92 Å². The summed E-state index contributed by atoms with van der Waals surface area (Å²) in [5.74, 6) is 0. The Bertz CT molecular complexity index is 139. The van der Waals surface area contributed by atoms with E-state index in [0.717, 1.165) is 6.42 Å². The summed E-state index contributed by atoms with van der Waals surface area (Å²) in [6.45, 7) is 1.97. The van der Waals surface area contributed by atoms with Gasteiger partial charge in [-0.3, -0.25) is 0 Å². The summed E-state index contributed by atoms with van der Waals surface area (Å²) in [5.41, 5.74) is 0. The Morgan fingerprint density at radius 2 is 2.17 bits per heavy atom. The smallest absolute Gasteiger partial charge is 0.183 e. The molecule has 0 amide bonds.